The molecule has 0 saturated heterocycles. The second-order valence-corrected chi connectivity index (χ2v) is 6.94. The maximum Gasteiger partial charge on any atom is 0.338 e. The van der Waals surface area contributed by atoms with Gasteiger partial charge in [0.05, 0.1) is 12.1 Å². The van der Waals surface area contributed by atoms with E-state index in [9.17, 15) is 17.6 Å². The smallest absolute Gasteiger partial charge is 0.338 e. The zero-order valence-electron chi connectivity index (χ0n) is 11.1. The van der Waals surface area contributed by atoms with Gasteiger partial charge in [0, 0.05) is 11.0 Å². The Morgan fingerprint density at radius 1 is 1.52 bits per heavy atom. The lowest BCUT2D eigenvalue weighted by Crippen LogP contribution is -2.33. The lowest BCUT2D eigenvalue weighted by atomic mass is 10.2. The number of carboxylic acid groups (broad SMARTS) is 1. The molecule has 1 aromatic carbocycles. The SMILES string of the molecule is C#CCN(CCC)S(=O)(=O)c1cc(Br)cc(C(=O)O)c1F. The van der Waals surface area contributed by atoms with E-state index in [-0.39, 0.29) is 17.6 Å². The molecule has 114 valence electrons. The molecule has 1 N–H and O–H groups in total. The van der Waals surface area contributed by atoms with Crippen LogP contribution in [0.5, 0.6) is 0 Å². The summed E-state index contributed by atoms with van der Waals surface area (Å²) in [5, 5.41) is 8.92. The molecule has 1 aromatic rings. The molecule has 0 aromatic heterocycles. The van der Waals surface area contributed by atoms with Crippen molar-refractivity contribution in [2.75, 3.05) is 13.1 Å². The highest BCUT2D eigenvalue weighted by Crippen LogP contribution is 2.26. The second-order valence-electron chi connectivity index (χ2n) is 4.11. The number of benzene rings is 1. The third kappa shape index (κ3) is 3.81. The minimum Gasteiger partial charge on any atom is -0.478 e. The summed E-state index contributed by atoms with van der Waals surface area (Å²) in [6, 6.07) is 2.03. The zero-order valence-corrected chi connectivity index (χ0v) is 13.5. The molecule has 0 heterocycles. The van der Waals surface area contributed by atoms with E-state index in [2.05, 4.69) is 21.9 Å². The van der Waals surface area contributed by atoms with Crippen molar-refractivity contribution in [3.05, 3.63) is 28.0 Å². The van der Waals surface area contributed by atoms with Gasteiger partial charge in [0.2, 0.25) is 10.0 Å². The van der Waals surface area contributed by atoms with Crippen LogP contribution in [0.1, 0.15) is 23.7 Å². The van der Waals surface area contributed by atoms with Gasteiger partial charge < -0.3 is 5.11 Å². The fraction of sp³-hybridized carbons (Fsp3) is 0.308. The molecule has 0 saturated carbocycles. The summed E-state index contributed by atoms with van der Waals surface area (Å²) < 4.78 is 40.1. The lowest BCUT2D eigenvalue weighted by molar-refractivity contribution is 0.0691. The van der Waals surface area contributed by atoms with Gasteiger partial charge in [-0.3, -0.25) is 0 Å². The number of aromatic carboxylic acids is 1. The molecule has 0 fully saturated rings. The molecule has 0 radical (unpaired) electrons. The van der Waals surface area contributed by atoms with Crippen molar-refractivity contribution in [2.24, 2.45) is 0 Å². The van der Waals surface area contributed by atoms with E-state index in [1.807, 2.05) is 0 Å². The predicted octanol–water partition coefficient (Wildman–Crippen LogP) is 2.32. The van der Waals surface area contributed by atoms with Crippen molar-refractivity contribution >= 4 is 31.9 Å². The zero-order chi connectivity index (χ0) is 16.2. The maximum absolute atomic E-state index is 14.2. The number of rotatable bonds is 6. The van der Waals surface area contributed by atoms with Gasteiger partial charge in [0.15, 0.2) is 5.82 Å². The van der Waals surface area contributed by atoms with E-state index < -0.39 is 32.3 Å². The van der Waals surface area contributed by atoms with Crippen LogP contribution in [0.2, 0.25) is 0 Å². The average molecular weight is 378 g/mol. The van der Waals surface area contributed by atoms with Gasteiger partial charge in [-0.25, -0.2) is 17.6 Å². The largest absolute Gasteiger partial charge is 0.478 e. The molecular formula is C13H13BrFNO4S. The number of hydrogen-bond donors (Lipinski definition) is 1. The Bertz CT molecular complexity index is 697. The van der Waals surface area contributed by atoms with E-state index in [1.165, 1.54) is 0 Å². The first-order valence-corrected chi connectivity index (χ1v) is 8.15. The topological polar surface area (TPSA) is 74.7 Å². The van der Waals surface area contributed by atoms with Crippen molar-refractivity contribution in [3.8, 4) is 12.3 Å². The van der Waals surface area contributed by atoms with E-state index in [0.717, 1.165) is 16.4 Å². The highest BCUT2D eigenvalue weighted by atomic mass is 79.9. The Morgan fingerprint density at radius 2 is 2.14 bits per heavy atom. The fourth-order valence-electron chi connectivity index (χ4n) is 1.68. The predicted molar refractivity (Wildman–Crippen MR) is 78.9 cm³/mol. The minimum absolute atomic E-state index is 0.112. The van der Waals surface area contributed by atoms with Crippen LogP contribution in [-0.2, 0) is 10.0 Å². The summed E-state index contributed by atoms with van der Waals surface area (Å²) in [5.74, 6) is -0.657. The Labute approximate surface area is 130 Å². The Hall–Kier alpha value is -1.43. The van der Waals surface area contributed by atoms with E-state index >= 15 is 0 Å². The third-order valence-electron chi connectivity index (χ3n) is 2.59. The molecule has 0 unspecified atom stereocenters. The van der Waals surface area contributed by atoms with Gasteiger partial charge in [-0.1, -0.05) is 28.8 Å². The summed E-state index contributed by atoms with van der Waals surface area (Å²) in [6.45, 7) is 1.64. The first kappa shape index (κ1) is 17.6. The van der Waals surface area contributed by atoms with E-state index in [0.29, 0.717) is 6.42 Å². The van der Waals surface area contributed by atoms with Crippen molar-refractivity contribution in [1.82, 2.24) is 4.31 Å². The highest BCUT2D eigenvalue weighted by Gasteiger charge is 2.29. The molecule has 0 aliphatic heterocycles. The summed E-state index contributed by atoms with van der Waals surface area (Å²) >= 11 is 2.98. The second kappa shape index (κ2) is 7.02. The molecule has 8 heteroatoms. The normalized spacial score (nSPS) is 11.4. The molecule has 0 aliphatic rings. The van der Waals surface area contributed by atoms with Gasteiger partial charge in [0.25, 0.3) is 0 Å². The average Bonchev–Trinajstić information content (AvgIpc) is 2.40. The van der Waals surface area contributed by atoms with Crippen LogP contribution in [-0.4, -0.2) is 36.9 Å². The number of carboxylic acids is 1. The Balaban J connectivity index is 3.51. The molecular weight excluding hydrogens is 365 g/mol. The van der Waals surface area contributed by atoms with Gasteiger partial charge >= 0.3 is 5.97 Å². The Kier molecular flexibility index (Phi) is 5.89. The van der Waals surface area contributed by atoms with Crippen molar-refractivity contribution in [3.63, 3.8) is 0 Å². The molecule has 0 spiro atoms. The van der Waals surface area contributed by atoms with Crippen LogP contribution in [0.25, 0.3) is 0 Å². The molecule has 0 bridgehead atoms. The molecule has 5 nitrogen and oxygen atoms in total. The standard InChI is InChI=1S/C13H13BrFNO4S/c1-3-5-16(6-4-2)21(19,20)11-8-9(14)7-10(12(11)15)13(17)18/h1,7-8H,4-6H2,2H3,(H,17,18). The number of halogens is 2. The molecule has 0 aliphatic carbocycles. The first-order valence-electron chi connectivity index (χ1n) is 5.91. The maximum atomic E-state index is 14.2. The number of hydrogen-bond acceptors (Lipinski definition) is 3. The van der Waals surface area contributed by atoms with E-state index in [4.69, 9.17) is 11.5 Å². The summed E-state index contributed by atoms with van der Waals surface area (Å²) in [6.07, 6.45) is 5.62. The van der Waals surface area contributed by atoms with Gasteiger partial charge in [-0.2, -0.15) is 4.31 Å². The number of sulfonamides is 1. The van der Waals surface area contributed by atoms with Gasteiger partial charge in [-0.15, -0.1) is 6.42 Å². The van der Waals surface area contributed by atoms with Gasteiger partial charge in [0.1, 0.15) is 4.90 Å². The van der Waals surface area contributed by atoms with Crippen LogP contribution in [0, 0.1) is 18.2 Å². The van der Waals surface area contributed by atoms with Crippen molar-refractivity contribution in [1.29, 1.82) is 0 Å². The van der Waals surface area contributed by atoms with Crippen LogP contribution in [0.15, 0.2) is 21.5 Å². The fourth-order valence-corrected chi connectivity index (χ4v) is 3.85. The van der Waals surface area contributed by atoms with Crippen LogP contribution in [0.4, 0.5) is 4.39 Å². The highest BCUT2D eigenvalue weighted by molar-refractivity contribution is 9.10. The third-order valence-corrected chi connectivity index (χ3v) is 4.90. The van der Waals surface area contributed by atoms with Crippen molar-refractivity contribution in [2.45, 2.75) is 18.2 Å². The number of nitrogens with zero attached hydrogens (tertiary/aromatic N) is 1. The number of terminal acetylenes is 1. The molecule has 0 amide bonds. The summed E-state index contributed by atoms with van der Waals surface area (Å²) in [7, 11) is -4.21. The first-order chi connectivity index (χ1) is 9.75. The lowest BCUT2D eigenvalue weighted by Gasteiger charge is -2.20. The number of carbonyl (C=O) groups is 1. The van der Waals surface area contributed by atoms with Gasteiger partial charge in [-0.05, 0) is 18.6 Å². The summed E-state index contributed by atoms with van der Waals surface area (Å²) in [5.41, 5.74) is -0.722. The van der Waals surface area contributed by atoms with E-state index in [1.54, 1.807) is 6.92 Å². The monoisotopic (exact) mass is 377 g/mol. The quantitative estimate of drug-likeness (QED) is 0.771. The van der Waals surface area contributed by atoms with Crippen LogP contribution >= 0.6 is 15.9 Å². The van der Waals surface area contributed by atoms with Crippen LogP contribution in [0.3, 0.4) is 0 Å². The minimum atomic E-state index is -4.21. The molecule has 0 atom stereocenters. The summed E-state index contributed by atoms with van der Waals surface area (Å²) in [4.78, 5) is 10.3. The molecule has 1 rings (SSSR count). The Morgan fingerprint density at radius 3 is 2.62 bits per heavy atom. The molecule has 21 heavy (non-hydrogen) atoms. The van der Waals surface area contributed by atoms with Crippen molar-refractivity contribution < 1.29 is 22.7 Å². The van der Waals surface area contributed by atoms with Crippen LogP contribution < -0.4 is 0 Å².